The van der Waals surface area contributed by atoms with Crippen LogP contribution < -0.4 is 4.90 Å². The molecule has 1 saturated heterocycles. The molecular weight excluding hydrogens is 326 g/mol. The van der Waals surface area contributed by atoms with Crippen LogP contribution in [0.3, 0.4) is 0 Å². The maximum absolute atomic E-state index is 11.7. The number of ketones is 1. The van der Waals surface area contributed by atoms with Crippen LogP contribution in [0.2, 0.25) is 0 Å². The molecule has 6 nitrogen and oxygen atoms in total. The summed E-state index contributed by atoms with van der Waals surface area (Å²) in [7, 11) is 0. The van der Waals surface area contributed by atoms with Crippen molar-refractivity contribution in [1.82, 2.24) is 14.7 Å². The number of hydrogen-bond acceptors (Lipinski definition) is 5. The average molecular weight is 351 g/mol. The summed E-state index contributed by atoms with van der Waals surface area (Å²) < 4.78 is 1.95. The van der Waals surface area contributed by atoms with E-state index < -0.39 is 0 Å². The average Bonchev–Trinajstić information content (AvgIpc) is 2.98. The van der Waals surface area contributed by atoms with Gasteiger partial charge in [-0.05, 0) is 38.5 Å². The zero-order chi connectivity index (χ0) is 18.5. The van der Waals surface area contributed by atoms with Gasteiger partial charge < -0.3 is 4.90 Å². The maximum Gasteiger partial charge on any atom is 0.159 e. The summed E-state index contributed by atoms with van der Waals surface area (Å²) in [5.74, 6) is 0.0279. The summed E-state index contributed by atoms with van der Waals surface area (Å²) in [6, 6.07) is 7.62. The van der Waals surface area contributed by atoms with E-state index in [1.165, 1.54) is 5.56 Å². The van der Waals surface area contributed by atoms with Gasteiger partial charge >= 0.3 is 0 Å². The number of anilines is 1. The van der Waals surface area contributed by atoms with Gasteiger partial charge in [0.2, 0.25) is 0 Å². The number of nitriles is 1. The first-order chi connectivity index (χ1) is 12.6. The fourth-order valence-electron chi connectivity index (χ4n) is 3.40. The van der Waals surface area contributed by atoms with Crippen LogP contribution in [0.25, 0.3) is 0 Å². The summed E-state index contributed by atoms with van der Waals surface area (Å²) in [4.78, 5) is 16.4. The lowest BCUT2D eigenvalue weighted by molar-refractivity contribution is 0.101. The number of benzene rings is 1. The van der Waals surface area contributed by atoms with Gasteiger partial charge in [0, 0.05) is 56.6 Å². The Balaban J connectivity index is 1.71. The largest absolute Gasteiger partial charge is 0.369 e. The Morgan fingerprint density at radius 1 is 1.27 bits per heavy atom. The highest BCUT2D eigenvalue weighted by Gasteiger charge is 2.19. The summed E-state index contributed by atoms with van der Waals surface area (Å²) >= 11 is 0. The van der Waals surface area contributed by atoms with E-state index in [2.05, 4.69) is 34.1 Å². The fourth-order valence-corrected chi connectivity index (χ4v) is 3.40. The molecule has 3 rings (SSSR count). The zero-order valence-corrected chi connectivity index (χ0v) is 15.5. The van der Waals surface area contributed by atoms with Crippen molar-refractivity contribution in [3.63, 3.8) is 0 Å². The van der Waals surface area contributed by atoms with E-state index in [9.17, 15) is 10.1 Å². The van der Waals surface area contributed by atoms with Gasteiger partial charge in [-0.15, -0.1) is 0 Å². The van der Waals surface area contributed by atoms with E-state index in [0.717, 1.165) is 51.4 Å². The molecule has 0 N–H and O–H groups in total. The second kappa shape index (κ2) is 8.15. The SMILES string of the molecule is CCn1cc(CN2CCCN(c3cc(C(C)=O)ccc3C#N)CC2)cn1. The highest BCUT2D eigenvalue weighted by molar-refractivity contribution is 5.95. The van der Waals surface area contributed by atoms with Crippen molar-refractivity contribution < 1.29 is 4.79 Å². The topological polar surface area (TPSA) is 65.2 Å². The van der Waals surface area contributed by atoms with Crippen molar-refractivity contribution >= 4 is 11.5 Å². The molecule has 0 atom stereocenters. The van der Waals surface area contributed by atoms with E-state index >= 15 is 0 Å². The summed E-state index contributed by atoms with van der Waals surface area (Å²) in [6.07, 6.45) is 5.07. The van der Waals surface area contributed by atoms with Crippen LogP contribution in [0.1, 0.15) is 41.8 Å². The monoisotopic (exact) mass is 351 g/mol. The zero-order valence-electron chi connectivity index (χ0n) is 15.5. The number of carbonyl (C=O) groups excluding carboxylic acids is 1. The van der Waals surface area contributed by atoms with E-state index in [1.807, 2.05) is 16.9 Å². The lowest BCUT2D eigenvalue weighted by atomic mass is 10.1. The van der Waals surface area contributed by atoms with Crippen LogP contribution in [-0.4, -0.2) is 46.6 Å². The Kier molecular flexibility index (Phi) is 5.69. The third-order valence-electron chi connectivity index (χ3n) is 4.87. The van der Waals surface area contributed by atoms with E-state index in [1.54, 1.807) is 19.1 Å². The third kappa shape index (κ3) is 4.12. The number of hydrogen-bond donors (Lipinski definition) is 0. The van der Waals surface area contributed by atoms with Gasteiger partial charge in [-0.3, -0.25) is 14.4 Å². The van der Waals surface area contributed by atoms with Crippen LogP contribution in [0.4, 0.5) is 5.69 Å². The molecule has 2 heterocycles. The Bertz CT molecular complexity index is 820. The number of Topliss-reactive ketones (excluding diaryl/α,β-unsaturated/α-hetero) is 1. The molecule has 26 heavy (non-hydrogen) atoms. The van der Waals surface area contributed by atoms with E-state index in [4.69, 9.17) is 0 Å². The third-order valence-corrected chi connectivity index (χ3v) is 4.87. The standard InChI is InChI=1S/C20H25N5O/c1-3-25-15-17(13-22-25)14-23-7-4-8-24(10-9-23)20-11-18(16(2)26)5-6-19(20)12-21/h5-6,11,13,15H,3-4,7-10,14H2,1-2H3. The van der Waals surface area contributed by atoms with E-state index in [0.29, 0.717) is 11.1 Å². The van der Waals surface area contributed by atoms with Gasteiger partial charge in [0.25, 0.3) is 0 Å². The molecule has 2 aromatic rings. The van der Waals surface area contributed by atoms with Crippen LogP contribution in [0, 0.1) is 11.3 Å². The van der Waals surface area contributed by atoms with Gasteiger partial charge in [-0.2, -0.15) is 10.4 Å². The second-order valence-electron chi connectivity index (χ2n) is 6.72. The Hall–Kier alpha value is -2.65. The molecule has 0 aliphatic carbocycles. The Morgan fingerprint density at radius 3 is 2.81 bits per heavy atom. The minimum Gasteiger partial charge on any atom is -0.369 e. The number of aromatic nitrogens is 2. The predicted molar refractivity (Wildman–Crippen MR) is 101 cm³/mol. The lowest BCUT2D eigenvalue weighted by Gasteiger charge is -2.25. The molecule has 0 spiro atoms. The minimum absolute atomic E-state index is 0.0279. The van der Waals surface area contributed by atoms with Crippen LogP contribution in [-0.2, 0) is 13.1 Å². The molecule has 0 saturated carbocycles. The molecule has 0 amide bonds. The quantitative estimate of drug-likeness (QED) is 0.775. The first-order valence-corrected chi connectivity index (χ1v) is 9.14. The summed E-state index contributed by atoms with van der Waals surface area (Å²) in [5, 5.41) is 13.8. The van der Waals surface area contributed by atoms with Crippen molar-refractivity contribution in [2.45, 2.75) is 33.4 Å². The normalized spacial score (nSPS) is 15.5. The summed E-state index contributed by atoms with van der Waals surface area (Å²) in [5.41, 5.74) is 3.40. The van der Waals surface area contributed by atoms with Gasteiger partial charge in [0.1, 0.15) is 6.07 Å². The van der Waals surface area contributed by atoms with Crippen LogP contribution in [0.5, 0.6) is 0 Å². The molecule has 0 bridgehead atoms. The molecule has 1 aromatic heterocycles. The predicted octanol–water partition coefficient (Wildman–Crippen LogP) is 2.69. The number of rotatable bonds is 5. The van der Waals surface area contributed by atoms with Crippen molar-refractivity contribution in [3.05, 3.63) is 47.3 Å². The molecule has 1 aliphatic rings. The molecule has 0 unspecified atom stereocenters. The number of carbonyl (C=O) groups is 1. The smallest absolute Gasteiger partial charge is 0.159 e. The minimum atomic E-state index is 0.0279. The molecule has 6 heteroatoms. The lowest BCUT2D eigenvalue weighted by Crippen LogP contribution is -2.31. The number of nitrogens with zero attached hydrogens (tertiary/aromatic N) is 5. The van der Waals surface area contributed by atoms with Gasteiger partial charge in [0.15, 0.2) is 5.78 Å². The first kappa shape index (κ1) is 18.2. The Labute approximate surface area is 154 Å². The van der Waals surface area contributed by atoms with Crippen molar-refractivity contribution in [2.24, 2.45) is 0 Å². The molecular formula is C20H25N5O. The molecule has 1 fully saturated rings. The van der Waals surface area contributed by atoms with Crippen molar-refractivity contribution in [2.75, 3.05) is 31.1 Å². The second-order valence-corrected chi connectivity index (χ2v) is 6.72. The highest BCUT2D eigenvalue weighted by atomic mass is 16.1. The van der Waals surface area contributed by atoms with Crippen LogP contribution >= 0.6 is 0 Å². The molecule has 1 aromatic carbocycles. The molecule has 0 radical (unpaired) electrons. The fraction of sp³-hybridized carbons (Fsp3) is 0.450. The van der Waals surface area contributed by atoms with E-state index in [-0.39, 0.29) is 5.78 Å². The van der Waals surface area contributed by atoms with Gasteiger partial charge in [-0.1, -0.05) is 0 Å². The van der Waals surface area contributed by atoms with Crippen molar-refractivity contribution in [3.8, 4) is 6.07 Å². The first-order valence-electron chi connectivity index (χ1n) is 9.14. The molecule has 136 valence electrons. The maximum atomic E-state index is 11.7. The number of aryl methyl sites for hydroxylation is 1. The van der Waals surface area contributed by atoms with Gasteiger partial charge in [-0.25, -0.2) is 0 Å². The molecule has 1 aliphatic heterocycles. The van der Waals surface area contributed by atoms with Crippen LogP contribution in [0.15, 0.2) is 30.6 Å². The summed E-state index contributed by atoms with van der Waals surface area (Å²) in [6.45, 7) is 9.10. The Morgan fingerprint density at radius 2 is 2.12 bits per heavy atom. The van der Waals surface area contributed by atoms with Gasteiger partial charge in [0.05, 0.1) is 17.4 Å². The van der Waals surface area contributed by atoms with Crippen molar-refractivity contribution in [1.29, 1.82) is 5.26 Å². The highest BCUT2D eigenvalue weighted by Crippen LogP contribution is 2.24.